The molecule has 2 fully saturated rings. The highest BCUT2D eigenvalue weighted by molar-refractivity contribution is 5.94. The number of carbonyl (C=O) groups excluding carboxylic acids is 1. The Bertz CT molecular complexity index is 753. The predicted octanol–water partition coefficient (Wildman–Crippen LogP) is 2.92. The molecule has 5 nitrogen and oxygen atoms in total. The van der Waals surface area contributed by atoms with Gasteiger partial charge in [0.1, 0.15) is 12.1 Å². The summed E-state index contributed by atoms with van der Waals surface area (Å²) in [6.07, 6.45) is 5.00. The monoisotopic (exact) mass is 336 g/mol. The molecule has 1 spiro atoms. The van der Waals surface area contributed by atoms with Gasteiger partial charge in [0.25, 0.3) is 5.91 Å². The summed E-state index contributed by atoms with van der Waals surface area (Å²) in [4.78, 5) is 25.7. The van der Waals surface area contributed by atoms with Crippen molar-refractivity contribution in [3.63, 3.8) is 0 Å². The Morgan fingerprint density at radius 1 is 1.04 bits per heavy atom. The molecular weight excluding hydrogens is 312 g/mol. The number of aromatic nitrogens is 2. The third kappa shape index (κ3) is 3.23. The summed E-state index contributed by atoms with van der Waals surface area (Å²) in [7, 11) is 0. The molecule has 2 aliphatic heterocycles. The molecule has 5 heteroatoms. The Balaban J connectivity index is 1.40. The molecule has 1 aromatic carbocycles. The van der Waals surface area contributed by atoms with E-state index in [0.29, 0.717) is 0 Å². The van der Waals surface area contributed by atoms with Gasteiger partial charge in [0.2, 0.25) is 0 Å². The Kier molecular flexibility index (Phi) is 4.15. The van der Waals surface area contributed by atoms with Crippen LogP contribution in [0.2, 0.25) is 0 Å². The lowest BCUT2D eigenvalue weighted by Gasteiger charge is -2.39. The van der Waals surface area contributed by atoms with Gasteiger partial charge in [0.15, 0.2) is 0 Å². The Morgan fingerprint density at radius 3 is 2.48 bits per heavy atom. The summed E-state index contributed by atoms with van der Waals surface area (Å²) in [6.45, 7) is 5.77. The average molecular weight is 336 g/mol. The Labute approximate surface area is 148 Å². The Hall–Kier alpha value is -2.43. The molecule has 0 atom stereocenters. The van der Waals surface area contributed by atoms with Crippen LogP contribution >= 0.6 is 0 Å². The van der Waals surface area contributed by atoms with Crippen LogP contribution in [0.1, 0.15) is 35.3 Å². The van der Waals surface area contributed by atoms with Crippen LogP contribution in [-0.4, -0.2) is 47.0 Å². The number of anilines is 1. The number of hydrogen-bond donors (Lipinski definition) is 0. The van der Waals surface area contributed by atoms with Crippen LogP contribution in [0.15, 0.2) is 42.7 Å². The minimum atomic E-state index is 0.173. The van der Waals surface area contributed by atoms with E-state index in [2.05, 4.69) is 20.9 Å². The van der Waals surface area contributed by atoms with Crippen molar-refractivity contribution < 1.29 is 4.79 Å². The fourth-order valence-corrected chi connectivity index (χ4v) is 4.10. The van der Waals surface area contributed by atoms with Gasteiger partial charge in [-0.3, -0.25) is 4.79 Å². The fourth-order valence-electron chi connectivity index (χ4n) is 4.10. The van der Waals surface area contributed by atoms with Gasteiger partial charge in [0, 0.05) is 43.5 Å². The average Bonchev–Trinajstić information content (AvgIpc) is 3.06. The summed E-state index contributed by atoms with van der Waals surface area (Å²) in [5, 5.41) is 0. The van der Waals surface area contributed by atoms with Crippen LogP contribution in [0.5, 0.6) is 0 Å². The molecule has 1 amide bonds. The molecule has 25 heavy (non-hydrogen) atoms. The van der Waals surface area contributed by atoms with Crippen molar-refractivity contribution in [3.05, 3.63) is 54.0 Å². The molecular formula is C20H24N4O. The molecule has 1 aromatic heterocycles. The zero-order valence-corrected chi connectivity index (χ0v) is 14.7. The molecule has 0 unspecified atom stereocenters. The van der Waals surface area contributed by atoms with Crippen LogP contribution in [0, 0.1) is 12.3 Å². The number of likely N-dealkylation sites (tertiary alicyclic amines) is 1. The van der Waals surface area contributed by atoms with Gasteiger partial charge in [0.05, 0.1) is 0 Å². The SMILES string of the molecule is Cc1cc(N2CCC3(CCN(C(=O)c4ccccc4)C3)CC2)ncn1. The predicted molar refractivity (Wildman–Crippen MR) is 97.6 cm³/mol. The van der Waals surface area contributed by atoms with Crippen molar-refractivity contribution in [3.8, 4) is 0 Å². The van der Waals surface area contributed by atoms with E-state index >= 15 is 0 Å². The molecule has 0 N–H and O–H groups in total. The first kappa shape index (κ1) is 16.1. The second-order valence-corrected chi connectivity index (χ2v) is 7.35. The van der Waals surface area contributed by atoms with Crippen molar-refractivity contribution in [2.75, 3.05) is 31.1 Å². The summed E-state index contributed by atoms with van der Waals surface area (Å²) in [5.74, 6) is 1.20. The topological polar surface area (TPSA) is 49.3 Å². The van der Waals surface area contributed by atoms with Crippen molar-refractivity contribution in [2.45, 2.75) is 26.2 Å². The van der Waals surface area contributed by atoms with Gasteiger partial charge in [-0.05, 0) is 43.7 Å². The fraction of sp³-hybridized carbons (Fsp3) is 0.450. The van der Waals surface area contributed by atoms with Crippen molar-refractivity contribution in [2.24, 2.45) is 5.41 Å². The normalized spacial score (nSPS) is 19.4. The lowest BCUT2D eigenvalue weighted by molar-refractivity contribution is 0.0764. The summed E-state index contributed by atoms with van der Waals surface area (Å²) in [6, 6.07) is 11.7. The first-order chi connectivity index (χ1) is 12.2. The smallest absolute Gasteiger partial charge is 0.253 e. The van der Waals surface area contributed by atoms with Gasteiger partial charge >= 0.3 is 0 Å². The molecule has 0 bridgehead atoms. The van der Waals surface area contributed by atoms with E-state index in [1.54, 1.807) is 6.33 Å². The van der Waals surface area contributed by atoms with Crippen molar-refractivity contribution in [1.82, 2.24) is 14.9 Å². The van der Waals surface area contributed by atoms with Crippen LogP contribution in [0.25, 0.3) is 0 Å². The van der Waals surface area contributed by atoms with Crippen molar-refractivity contribution >= 4 is 11.7 Å². The maximum atomic E-state index is 12.7. The molecule has 2 saturated heterocycles. The number of carbonyl (C=O) groups is 1. The van der Waals surface area contributed by atoms with E-state index in [1.807, 2.05) is 42.2 Å². The second kappa shape index (κ2) is 6.47. The summed E-state index contributed by atoms with van der Waals surface area (Å²) < 4.78 is 0. The highest BCUT2D eigenvalue weighted by atomic mass is 16.2. The minimum Gasteiger partial charge on any atom is -0.356 e. The largest absolute Gasteiger partial charge is 0.356 e. The zero-order valence-electron chi connectivity index (χ0n) is 14.7. The van der Waals surface area contributed by atoms with E-state index in [-0.39, 0.29) is 11.3 Å². The van der Waals surface area contributed by atoms with Gasteiger partial charge < -0.3 is 9.80 Å². The molecule has 130 valence electrons. The maximum absolute atomic E-state index is 12.7. The molecule has 3 heterocycles. The molecule has 0 saturated carbocycles. The number of hydrogen-bond acceptors (Lipinski definition) is 4. The highest BCUT2D eigenvalue weighted by Gasteiger charge is 2.42. The standard InChI is InChI=1S/C20H24N4O/c1-16-13-18(22-15-21-16)23-10-7-20(8-11-23)9-12-24(14-20)19(25)17-5-3-2-4-6-17/h2-6,13,15H,7-12,14H2,1H3. The quantitative estimate of drug-likeness (QED) is 0.846. The third-order valence-electron chi connectivity index (χ3n) is 5.68. The van der Waals surface area contributed by atoms with Crippen LogP contribution < -0.4 is 4.90 Å². The van der Waals surface area contributed by atoms with E-state index in [1.165, 1.54) is 0 Å². The van der Waals surface area contributed by atoms with Gasteiger partial charge in [-0.15, -0.1) is 0 Å². The lowest BCUT2D eigenvalue weighted by atomic mass is 9.78. The highest BCUT2D eigenvalue weighted by Crippen LogP contribution is 2.41. The van der Waals surface area contributed by atoms with Crippen LogP contribution in [0.4, 0.5) is 5.82 Å². The second-order valence-electron chi connectivity index (χ2n) is 7.35. The lowest BCUT2D eigenvalue weighted by Crippen LogP contribution is -2.42. The Morgan fingerprint density at radius 2 is 1.76 bits per heavy atom. The zero-order chi connectivity index (χ0) is 17.3. The summed E-state index contributed by atoms with van der Waals surface area (Å²) >= 11 is 0. The number of aryl methyl sites for hydroxylation is 1. The number of amides is 1. The molecule has 0 aliphatic carbocycles. The van der Waals surface area contributed by atoms with Gasteiger partial charge in [-0.1, -0.05) is 18.2 Å². The number of benzene rings is 1. The van der Waals surface area contributed by atoms with Crippen molar-refractivity contribution in [1.29, 1.82) is 0 Å². The van der Waals surface area contributed by atoms with E-state index in [4.69, 9.17) is 0 Å². The first-order valence-corrected chi connectivity index (χ1v) is 9.03. The molecule has 0 radical (unpaired) electrons. The summed E-state index contributed by atoms with van der Waals surface area (Å²) in [5.41, 5.74) is 2.09. The third-order valence-corrected chi connectivity index (χ3v) is 5.68. The molecule has 2 aromatic rings. The van der Waals surface area contributed by atoms with E-state index in [0.717, 1.165) is 62.5 Å². The molecule has 2 aliphatic rings. The van der Waals surface area contributed by atoms with Gasteiger partial charge in [-0.2, -0.15) is 0 Å². The van der Waals surface area contributed by atoms with Gasteiger partial charge in [-0.25, -0.2) is 9.97 Å². The number of piperidine rings is 1. The van der Waals surface area contributed by atoms with Crippen LogP contribution in [-0.2, 0) is 0 Å². The van der Waals surface area contributed by atoms with E-state index < -0.39 is 0 Å². The minimum absolute atomic E-state index is 0.173. The number of nitrogens with zero attached hydrogens (tertiary/aromatic N) is 4. The number of rotatable bonds is 2. The van der Waals surface area contributed by atoms with E-state index in [9.17, 15) is 4.79 Å². The molecule has 4 rings (SSSR count). The first-order valence-electron chi connectivity index (χ1n) is 9.03. The van der Waals surface area contributed by atoms with Crippen LogP contribution in [0.3, 0.4) is 0 Å². The maximum Gasteiger partial charge on any atom is 0.253 e.